The first kappa shape index (κ1) is 12.5. The fourth-order valence-electron chi connectivity index (χ4n) is 1.75. The van der Waals surface area contributed by atoms with Gasteiger partial charge in [0.1, 0.15) is 18.0 Å². The molecule has 2 rings (SSSR count). The molecule has 2 aromatic rings. The summed E-state index contributed by atoms with van der Waals surface area (Å²) in [5.41, 5.74) is 1.24. The number of aliphatic hydroxyl groups excluding tert-OH is 2. The Morgan fingerprint density at radius 1 is 1.00 bits per heavy atom. The van der Waals surface area contributed by atoms with Gasteiger partial charge in [-0.3, -0.25) is 4.98 Å². The minimum absolute atomic E-state index is 0.610. The largest absolute Gasteiger partial charge is 0.497 e. The van der Waals surface area contributed by atoms with Gasteiger partial charge >= 0.3 is 0 Å². The van der Waals surface area contributed by atoms with Crippen molar-refractivity contribution in [3.63, 3.8) is 0 Å². The van der Waals surface area contributed by atoms with Crippen LogP contribution < -0.4 is 4.74 Å². The Balaban J connectivity index is 2.22. The fourth-order valence-corrected chi connectivity index (χ4v) is 1.75. The SMILES string of the molecule is COc1cccc(C(O)C(O)c2ccncc2)c1. The second-order valence-electron chi connectivity index (χ2n) is 3.95. The van der Waals surface area contributed by atoms with Crippen molar-refractivity contribution >= 4 is 0 Å². The van der Waals surface area contributed by atoms with Crippen molar-refractivity contribution in [1.82, 2.24) is 4.98 Å². The molecule has 18 heavy (non-hydrogen) atoms. The Bertz CT molecular complexity index is 501. The summed E-state index contributed by atoms with van der Waals surface area (Å²) in [6.45, 7) is 0. The van der Waals surface area contributed by atoms with Crippen LogP contribution in [0.2, 0.25) is 0 Å². The maximum absolute atomic E-state index is 10.1. The fraction of sp³-hybridized carbons (Fsp3) is 0.214. The van der Waals surface area contributed by atoms with Gasteiger partial charge < -0.3 is 14.9 Å². The molecule has 4 heteroatoms. The van der Waals surface area contributed by atoms with Gasteiger partial charge in [-0.25, -0.2) is 0 Å². The maximum atomic E-state index is 10.1. The lowest BCUT2D eigenvalue weighted by Gasteiger charge is -2.18. The van der Waals surface area contributed by atoms with Crippen molar-refractivity contribution in [2.75, 3.05) is 7.11 Å². The standard InChI is InChI=1S/C14H15NO3/c1-18-12-4-2-3-11(9-12)14(17)13(16)10-5-7-15-8-6-10/h2-9,13-14,16-17H,1H3. The third kappa shape index (κ3) is 2.67. The van der Waals surface area contributed by atoms with E-state index in [0.717, 1.165) is 0 Å². The van der Waals surface area contributed by atoms with E-state index in [-0.39, 0.29) is 0 Å². The predicted octanol–water partition coefficient (Wildman–Crippen LogP) is 1.86. The molecule has 4 nitrogen and oxygen atoms in total. The zero-order valence-corrected chi connectivity index (χ0v) is 10.0. The van der Waals surface area contributed by atoms with Gasteiger partial charge in [0.2, 0.25) is 0 Å². The van der Waals surface area contributed by atoms with Gasteiger partial charge in [-0.15, -0.1) is 0 Å². The van der Waals surface area contributed by atoms with E-state index in [1.165, 1.54) is 0 Å². The first-order valence-corrected chi connectivity index (χ1v) is 5.62. The molecular formula is C14H15NO3. The summed E-state index contributed by atoms with van der Waals surface area (Å²) < 4.78 is 5.09. The van der Waals surface area contributed by atoms with Crippen LogP contribution in [-0.2, 0) is 0 Å². The van der Waals surface area contributed by atoms with E-state index in [2.05, 4.69) is 4.98 Å². The Morgan fingerprint density at radius 2 is 1.67 bits per heavy atom. The molecule has 0 saturated carbocycles. The number of hydrogen-bond acceptors (Lipinski definition) is 4. The van der Waals surface area contributed by atoms with Gasteiger partial charge in [0.15, 0.2) is 0 Å². The van der Waals surface area contributed by atoms with Gasteiger partial charge in [0.25, 0.3) is 0 Å². The number of aliphatic hydroxyl groups is 2. The van der Waals surface area contributed by atoms with Crippen molar-refractivity contribution in [2.24, 2.45) is 0 Å². The highest BCUT2D eigenvalue weighted by Crippen LogP contribution is 2.29. The number of rotatable bonds is 4. The van der Waals surface area contributed by atoms with E-state index in [9.17, 15) is 10.2 Å². The smallest absolute Gasteiger partial charge is 0.119 e. The summed E-state index contributed by atoms with van der Waals surface area (Å²) >= 11 is 0. The molecule has 0 radical (unpaired) electrons. The predicted molar refractivity (Wildman–Crippen MR) is 67.2 cm³/mol. The van der Waals surface area contributed by atoms with Crippen LogP contribution in [0.25, 0.3) is 0 Å². The number of aromatic nitrogens is 1. The summed E-state index contributed by atoms with van der Waals surface area (Å²) in [7, 11) is 1.56. The number of benzene rings is 1. The van der Waals surface area contributed by atoms with E-state index in [4.69, 9.17) is 4.74 Å². The lowest BCUT2D eigenvalue weighted by atomic mass is 9.99. The van der Waals surface area contributed by atoms with E-state index in [1.807, 2.05) is 0 Å². The molecular weight excluding hydrogens is 230 g/mol. The van der Waals surface area contributed by atoms with Crippen LogP contribution in [0, 0.1) is 0 Å². The molecule has 2 atom stereocenters. The molecule has 0 saturated heterocycles. The van der Waals surface area contributed by atoms with Crippen LogP contribution in [0.5, 0.6) is 5.75 Å². The molecule has 0 bridgehead atoms. The quantitative estimate of drug-likeness (QED) is 0.863. The van der Waals surface area contributed by atoms with Crippen molar-refractivity contribution in [3.8, 4) is 5.75 Å². The van der Waals surface area contributed by atoms with Crippen molar-refractivity contribution in [1.29, 1.82) is 0 Å². The van der Waals surface area contributed by atoms with Gasteiger partial charge in [-0.05, 0) is 35.4 Å². The molecule has 0 amide bonds. The maximum Gasteiger partial charge on any atom is 0.119 e. The molecule has 2 unspecified atom stereocenters. The summed E-state index contributed by atoms with van der Waals surface area (Å²) in [6, 6.07) is 10.4. The topological polar surface area (TPSA) is 62.6 Å². The van der Waals surface area contributed by atoms with E-state index in [0.29, 0.717) is 16.9 Å². The second kappa shape index (κ2) is 5.62. The van der Waals surface area contributed by atoms with Crippen LogP contribution in [0.1, 0.15) is 23.3 Å². The zero-order chi connectivity index (χ0) is 13.0. The molecule has 2 N–H and O–H groups in total. The average Bonchev–Trinajstić information content (AvgIpc) is 2.46. The Morgan fingerprint density at radius 3 is 2.33 bits per heavy atom. The monoisotopic (exact) mass is 245 g/mol. The number of hydrogen-bond donors (Lipinski definition) is 2. The van der Waals surface area contributed by atoms with E-state index >= 15 is 0 Å². The number of pyridine rings is 1. The Kier molecular flexibility index (Phi) is 3.92. The number of methoxy groups -OCH3 is 1. The third-order valence-corrected chi connectivity index (χ3v) is 2.78. The summed E-state index contributed by atoms with van der Waals surface area (Å²) in [4.78, 5) is 3.87. The number of ether oxygens (including phenoxy) is 1. The summed E-state index contributed by atoms with van der Waals surface area (Å²) in [5, 5.41) is 20.2. The molecule has 1 aromatic carbocycles. The van der Waals surface area contributed by atoms with Crippen LogP contribution >= 0.6 is 0 Å². The number of nitrogens with zero attached hydrogens (tertiary/aromatic N) is 1. The second-order valence-corrected chi connectivity index (χ2v) is 3.95. The highest BCUT2D eigenvalue weighted by Gasteiger charge is 2.20. The van der Waals surface area contributed by atoms with Gasteiger partial charge in [0.05, 0.1) is 7.11 Å². The van der Waals surface area contributed by atoms with E-state index < -0.39 is 12.2 Å². The highest BCUT2D eigenvalue weighted by atomic mass is 16.5. The highest BCUT2D eigenvalue weighted by molar-refractivity contribution is 5.31. The summed E-state index contributed by atoms with van der Waals surface area (Å²) in [6.07, 6.45) is 1.18. The zero-order valence-electron chi connectivity index (χ0n) is 10.0. The molecule has 1 aromatic heterocycles. The van der Waals surface area contributed by atoms with Crippen molar-refractivity contribution in [3.05, 3.63) is 59.9 Å². The van der Waals surface area contributed by atoms with Crippen LogP contribution in [-0.4, -0.2) is 22.3 Å². The van der Waals surface area contributed by atoms with E-state index in [1.54, 1.807) is 55.9 Å². The molecule has 0 aliphatic heterocycles. The Labute approximate surface area is 106 Å². The van der Waals surface area contributed by atoms with Crippen molar-refractivity contribution in [2.45, 2.75) is 12.2 Å². The van der Waals surface area contributed by atoms with Crippen LogP contribution in [0.4, 0.5) is 0 Å². The molecule has 0 aliphatic carbocycles. The average molecular weight is 245 g/mol. The molecule has 0 aliphatic rings. The molecule has 0 fully saturated rings. The minimum Gasteiger partial charge on any atom is -0.497 e. The third-order valence-electron chi connectivity index (χ3n) is 2.78. The minimum atomic E-state index is -0.998. The van der Waals surface area contributed by atoms with Gasteiger partial charge in [-0.2, -0.15) is 0 Å². The molecule has 0 spiro atoms. The lowest BCUT2D eigenvalue weighted by Crippen LogP contribution is -2.10. The Hall–Kier alpha value is -1.91. The molecule has 94 valence electrons. The first-order chi connectivity index (χ1) is 8.72. The van der Waals surface area contributed by atoms with Crippen molar-refractivity contribution < 1.29 is 14.9 Å². The lowest BCUT2D eigenvalue weighted by molar-refractivity contribution is 0.0171. The molecule has 1 heterocycles. The van der Waals surface area contributed by atoms with Gasteiger partial charge in [-0.1, -0.05) is 12.1 Å². The van der Waals surface area contributed by atoms with Crippen LogP contribution in [0.15, 0.2) is 48.8 Å². The van der Waals surface area contributed by atoms with Gasteiger partial charge in [0, 0.05) is 12.4 Å². The normalized spacial score (nSPS) is 13.9. The first-order valence-electron chi connectivity index (χ1n) is 5.62. The summed E-state index contributed by atoms with van der Waals surface area (Å²) in [5.74, 6) is 0.647. The van der Waals surface area contributed by atoms with Crippen LogP contribution in [0.3, 0.4) is 0 Å².